The molecule has 1 saturated heterocycles. The number of halogens is 1. The highest BCUT2D eigenvalue weighted by atomic mass is 35.5. The predicted octanol–water partition coefficient (Wildman–Crippen LogP) is 2.07. The second-order valence-corrected chi connectivity index (χ2v) is 6.85. The third kappa shape index (κ3) is 3.64. The SMILES string of the molecule is O=C(Cn1nnc2ccccc21)N1CCN(C(=O)c2ccc(Cl)cc2)CC1. The molecular weight excluding hydrogens is 366 g/mol. The first-order valence-corrected chi connectivity index (χ1v) is 9.10. The highest BCUT2D eigenvalue weighted by Crippen LogP contribution is 2.14. The van der Waals surface area contributed by atoms with Gasteiger partial charge in [0.15, 0.2) is 0 Å². The highest BCUT2D eigenvalue weighted by Gasteiger charge is 2.25. The zero-order valence-corrected chi connectivity index (χ0v) is 15.3. The van der Waals surface area contributed by atoms with Crippen molar-refractivity contribution < 1.29 is 9.59 Å². The number of para-hydroxylation sites is 1. The van der Waals surface area contributed by atoms with Crippen LogP contribution in [-0.2, 0) is 11.3 Å². The molecule has 0 saturated carbocycles. The number of amides is 2. The van der Waals surface area contributed by atoms with Crippen molar-refractivity contribution in [3.63, 3.8) is 0 Å². The van der Waals surface area contributed by atoms with Gasteiger partial charge < -0.3 is 9.80 Å². The molecule has 3 aromatic rings. The minimum Gasteiger partial charge on any atom is -0.338 e. The van der Waals surface area contributed by atoms with Crippen LogP contribution in [0.4, 0.5) is 0 Å². The van der Waals surface area contributed by atoms with Crippen LogP contribution in [0.5, 0.6) is 0 Å². The molecule has 1 aliphatic rings. The Bertz CT molecular complexity index is 977. The summed E-state index contributed by atoms with van der Waals surface area (Å²) in [5.74, 6) is -0.0646. The average molecular weight is 384 g/mol. The molecule has 2 heterocycles. The lowest BCUT2D eigenvalue weighted by Gasteiger charge is -2.34. The van der Waals surface area contributed by atoms with Gasteiger partial charge in [-0.15, -0.1) is 5.10 Å². The van der Waals surface area contributed by atoms with Gasteiger partial charge in [-0.3, -0.25) is 9.59 Å². The molecule has 1 aliphatic heterocycles. The van der Waals surface area contributed by atoms with Crippen molar-refractivity contribution in [2.45, 2.75) is 6.54 Å². The van der Waals surface area contributed by atoms with Crippen LogP contribution in [0.2, 0.25) is 5.02 Å². The third-order valence-corrected chi connectivity index (χ3v) is 4.97. The van der Waals surface area contributed by atoms with Gasteiger partial charge in [0.25, 0.3) is 5.91 Å². The number of nitrogens with zero attached hydrogens (tertiary/aromatic N) is 5. The Hall–Kier alpha value is -2.93. The van der Waals surface area contributed by atoms with Crippen LogP contribution in [0.15, 0.2) is 48.5 Å². The summed E-state index contributed by atoms with van der Waals surface area (Å²) in [7, 11) is 0. The van der Waals surface area contributed by atoms with E-state index in [1.54, 1.807) is 38.7 Å². The van der Waals surface area contributed by atoms with Gasteiger partial charge >= 0.3 is 0 Å². The molecule has 0 spiro atoms. The first-order chi connectivity index (χ1) is 13.1. The molecule has 4 rings (SSSR count). The topological polar surface area (TPSA) is 71.3 Å². The van der Waals surface area contributed by atoms with E-state index in [1.165, 1.54) is 0 Å². The Balaban J connectivity index is 1.36. The van der Waals surface area contributed by atoms with Crippen LogP contribution in [0, 0.1) is 0 Å². The largest absolute Gasteiger partial charge is 0.338 e. The van der Waals surface area contributed by atoms with Crippen molar-refractivity contribution in [1.82, 2.24) is 24.8 Å². The Labute approximate surface area is 161 Å². The molecule has 138 valence electrons. The fourth-order valence-corrected chi connectivity index (χ4v) is 3.32. The molecule has 0 bridgehead atoms. The quantitative estimate of drug-likeness (QED) is 0.694. The maximum atomic E-state index is 12.6. The molecule has 2 aromatic carbocycles. The molecule has 8 heteroatoms. The fourth-order valence-electron chi connectivity index (χ4n) is 3.20. The lowest BCUT2D eigenvalue weighted by Crippen LogP contribution is -2.51. The number of hydrogen-bond acceptors (Lipinski definition) is 4. The normalized spacial score (nSPS) is 14.6. The van der Waals surface area contributed by atoms with Crippen molar-refractivity contribution in [3.8, 4) is 0 Å². The monoisotopic (exact) mass is 383 g/mol. The maximum absolute atomic E-state index is 12.6. The van der Waals surface area contributed by atoms with Crippen LogP contribution < -0.4 is 0 Å². The van der Waals surface area contributed by atoms with Crippen LogP contribution in [0.3, 0.4) is 0 Å². The summed E-state index contributed by atoms with van der Waals surface area (Å²) in [6, 6.07) is 14.4. The summed E-state index contributed by atoms with van der Waals surface area (Å²) < 4.78 is 1.61. The van der Waals surface area contributed by atoms with Gasteiger partial charge in [-0.25, -0.2) is 4.68 Å². The molecule has 0 radical (unpaired) electrons. The number of hydrogen-bond donors (Lipinski definition) is 0. The smallest absolute Gasteiger partial charge is 0.253 e. The van der Waals surface area contributed by atoms with E-state index in [0.29, 0.717) is 36.8 Å². The van der Waals surface area contributed by atoms with E-state index in [-0.39, 0.29) is 18.4 Å². The maximum Gasteiger partial charge on any atom is 0.253 e. The Kier molecular flexibility index (Phi) is 4.77. The molecule has 27 heavy (non-hydrogen) atoms. The Morgan fingerprint density at radius 1 is 0.926 bits per heavy atom. The van der Waals surface area contributed by atoms with Gasteiger partial charge in [-0.2, -0.15) is 0 Å². The standard InChI is InChI=1S/C19H18ClN5O2/c20-15-7-5-14(6-8-15)19(27)24-11-9-23(10-12-24)18(26)13-25-17-4-2-1-3-16(17)21-22-25/h1-8H,9-13H2. The fraction of sp³-hybridized carbons (Fsp3) is 0.263. The number of carbonyl (C=O) groups is 2. The lowest BCUT2D eigenvalue weighted by atomic mass is 10.2. The second-order valence-electron chi connectivity index (χ2n) is 6.42. The molecule has 0 unspecified atom stereocenters. The summed E-state index contributed by atoms with van der Waals surface area (Å²) in [5.41, 5.74) is 2.21. The average Bonchev–Trinajstić information content (AvgIpc) is 3.11. The number of carbonyl (C=O) groups excluding carboxylic acids is 2. The van der Waals surface area contributed by atoms with Crippen molar-refractivity contribution in [2.24, 2.45) is 0 Å². The van der Waals surface area contributed by atoms with Gasteiger partial charge in [0.1, 0.15) is 12.1 Å². The molecule has 0 atom stereocenters. The summed E-state index contributed by atoms with van der Waals surface area (Å²) >= 11 is 5.87. The zero-order chi connectivity index (χ0) is 18.8. The van der Waals surface area contributed by atoms with Crippen molar-refractivity contribution in [1.29, 1.82) is 0 Å². The van der Waals surface area contributed by atoms with Gasteiger partial charge in [-0.1, -0.05) is 28.9 Å². The summed E-state index contributed by atoms with van der Waals surface area (Å²) in [6.45, 7) is 2.16. The predicted molar refractivity (Wildman–Crippen MR) is 101 cm³/mol. The summed E-state index contributed by atoms with van der Waals surface area (Å²) in [5, 5.41) is 8.74. The number of fused-ring (bicyclic) bond motifs is 1. The molecule has 7 nitrogen and oxygen atoms in total. The molecular formula is C19H18ClN5O2. The van der Waals surface area contributed by atoms with Crippen LogP contribution in [0.1, 0.15) is 10.4 Å². The van der Waals surface area contributed by atoms with Crippen molar-refractivity contribution in [3.05, 3.63) is 59.1 Å². The first kappa shape index (κ1) is 17.5. The van der Waals surface area contributed by atoms with Gasteiger partial charge in [0.2, 0.25) is 5.91 Å². The van der Waals surface area contributed by atoms with E-state index in [2.05, 4.69) is 10.3 Å². The number of piperazine rings is 1. The molecule has 1 aromatic heterocycles. The van der Waals surface area contributed by atoms with Gasteiger partial charge in [0, 0.05) is 36.8 Å². The Morgan fingerprint density at radius 2 is 1.59 bits per heavy atom. The van der Waals surface area contributed by atoms with E-state index in [1.807, 2.05) is 24.3 Å². The van der Waals surface area contributed by atoms with E-state index in [4.69, 9.17) is 11.6 Å². The zero-order valence-electron chi connectivity index (χ0n) is 14.6. The number of rotatable bonds is 3. The van der Waals surface area contributed by atoms with E-state index in [0.717, 1.165) is 11.0 Å². The van der Waals surface area contributed by atoms with Gasteiger partial charge in [-0.05, 0) is 36.4 Å². The second kappa shape index (κ2) is 7.36. The van der Waals surface area contributed by atoms with Crippen LogP contribution in [0.25, 0.3) is 11.0 Å². The van der Waals surface area contributed by atoms with Crippen LogP contribution >= 0.6 is 11.6 Å². The van der Waals surface area contributed by atoms with E-state index in [9.17, 15) is 9.59 Å². The van der Waals surface area contributed by atoms with E-state index >= 15 is 0 Å². The number of aromatic nitrogens is 3. The first-order valence-electron chi connectivity index (χ1n) is 8.73. The lowest BCUT2D eigenvalue weighted by molar-refractivity contribution is -0.133. The molecule has 1 fully saturated rings. The van der Waals surface area contributed by atoms with Crippen molar-refractivity contribution in [2.75, 3.05) is 26.2 Å². The molecule has 0 aliphatic carbocycles. The van der Waals surface area contributed by atoms with E-state index < -0.39 is 0 Å². The van der Waals surface area contributed by atoms with Gasteiger partial charge in [0.05, 0.1) is 5.52 Å². The third-order valence-electron chi connectivity index (χ3n) is 4.72. The summed E-state index contributed by atoms with van der Waals surface area (Å²) in [6.07, 6.45) is 0. The molecule has 2 amide bonds. The minimum atomic E-state index is -0.0407. The van der Waals surface area contributed by atoms with Crippen LogP contribution in [-0.4, -0.2) is 62.8 Å². The number of benzene rings is 2. The van der Waals surface area contributed by atoms with Crippen molar-refractivity contribution >= 4 is 34.4 Å². The minimum absolute atomic E-state index is 0.0238. The Morgan fingerprint density at radius 3 is 2.33 bits per heavy atom. The molecule has 0 N–H and O–H groups in total. The summed E-state index contributed by atoms with van der Waals surface area (Å²) in [4.78, 5) is 28.7. The highest BCUT2D eigenvalue weighted by molar-refractivity contribution is 6.30.